The highest BCUT2D eigenvalue weighted by atomic mass is 35.5. The van der Waals surface area contributed by atoms with Crippen LogP contribution in [-0.4, -0.2) is 65.6 Å². The highest BCUT2D eigenvalue weighted by molar-refractivity contribution is 6.06. The van der Waals surface area contributed by atoms with Crippen LogP contribution < -0.4 is 5.32 Å². The smallest absolute Gasteiger partial charge is 0.416 e. The third-order valence-corrected chi connectivity index (χ3v) is 14.0. The van der Waals surface area contributed by atoms with Crippen LogP contribution in [0.15, 0.2) is 101 Å². The molecule has 2 aromatic carbocycles. The second-order valence-corrected chi connectivity index (χ2v) is 18.1. The summed E-state index contributed by atoms with van der Waals surface area (Å²) in [6.45, 7) is 13.3. The number of epoxide rings is 1. The number of carbonyl (C=O) groups is 4. The lowest BCUT2D eigenvalue weighted by atomic mass is 9.38. The maximum absolute atomic E-state index is 14.3. The molecule has 0 radical (unpaired) electrons. The van der Waals surface area contributed by atoms with E-state index in [-0.39, 0.29) is 48.6 Å². The molecule has 5 aliphatic rings. The molecule has 1 aliphatic heterocycles. The lowest BCUT2D eigenvalue weighted by Crippen LogP contribution is -2.70. The van der Waals surface area contributed by atoms with Crippen molar-refractivity contribution in [3.63, 3.8) is 0 Å². The molecule has 0 amide bonds. The number of hydrogen-bond donors (Lipinski definition) is 2. The van der Waals surface area contributed by atoms with Crippen LogP contribution in [0.3, 0.4) is 0 Å². The molecular formula is C47H53ClF3NO9. The Morgan fingerprint density at radius 2 is 1.72 bits per heavy atom. The minimum absolute atomic E-state index is 0. The molecule has 2 saturated carbocycles. The fourth-order valence-corrected chi connectivity index (χ4v) is 11.6. The Bertz CT molecular complexity index is 2240. The quantitative estimate of drug-likeness (QED) is 0.122. The molecule has 1 spiro atoms. The number of nitrogens with one attached hydrogen (secondary N) is 1. The number of rotatable bonds is 9. The van der Waals surface area contributed by atoms with Gasteiger partial charge in [0.15, 0.2) is 11.5 Å². The molecule has 0 bridgehead atoms. The molecule has 3 aromatic rings. The van der Waals surface area contributed by atoms with Crippen LogP contribution in [0.2, 0.25) is 0 Å². The summed E-state index contributed by atoms with van der Waals surface area (Å²) in [7, 11) is 0. The van der Waals surface area contributed by atoms with E-state index in [1.807, 2.05) is 32.9 Å². The van der Waals surface area contributed by atoms with Crippen LogP contribution in [0.5, 0.6) is 0 Å². The van der Waals surface area contributed by atoms with E-state index in [1.165, 1.54) is 13.0 Å². The van der Waals surface area contributed by atoms with E-state index in [2.05, 4.69) is 12.2 Å². The van der Waals surface area contributed by atoms with Gasteiger partial charge in [0, 0.05) is 36.3 Å². The first-order valence-electron chi connectivity index (χ1n) is 20.3. The molecule has 61 heavy (non-hydrogen) atoms. The van der Waals surface area contributed by atoms with Crippen molar-refractivity contribution >= 4 is 35.9 Å². The Balaban J connectivity index is 0.000000213. The number of benzene rings is 2. The van der Waals surface area contributed by atoms with Crippen LogP contribution in [0.1, 0.15) is 94.3 Å². The number of esters is 2. The lowest BCUT2D eigenvalue weighted by molar-refractivity contribution is -0.200. The van der Waals surface area contributed by atoms with E-state index >= 15 is 0 Å². The second-order valence-electron chi connectivity index (χ2n) is 18.1. The number of alkyl halides is 3. The largest absolute Gasteiger partial charge is 0.504 e. The van der Waals surface area contributed by atoms with Gasteiger partial charge in [-0.15, -0.1) is 12.4 Å². The van der Waals surface area contributed by atoms with Crippen LogP contribution in [-0.2, 0) is 41.2 Å². The van der Waals surface area contributed by atoms with E-state index in [1.54, 1.807) is 68.9 Å². The van der Waals surface area contributed by atoms with Gasteiger partial charge < -0.3 is 29.1 Å². The molecule has 2 N–H and O–H groups in total. The van der Waals surface area contributed by atoms with Gasteiger partial charge in [0.2, 0.25) is 5.78 Å². The van der Waals surface area contributed by atoms with Crippen molar-refractivity contribution in [3.05, 3.63) is 119 Å². The summed E-state index contributed by atoms with van der Waals surface area (Å²) in [6.07, 6.45) is 3.29. The maximum atomic E-state index is 14.3. The molecule has 4 aliphatic carbocycles. The monoisotopic (exact) mass is 867 g/mol. The number of aliphatic hydroxyl groups excluding tert-OH is 1. The summed E-state index contributed by atoms with van der Waals surface area (Å²) >= 11 is 0. The molecular weight excluding hydrogens is 815 g/mol. The first-order valence-corrected chi connectivity index (χ1v) is 20.3. The van der Waals surface area contributed by atoms with Gasteiger partial charge >= 0.3 is 18.1 Å². The molecule has 328 valence electrons. The van der Waals surface area contributed by atoms with E-state index in [4.69, 9.17) is 18.6 Å². The first-order chi connectivity index (χ1) is 28.1. The Hall–Kier alpha value is -4.72. The van der Waals surface area contributed by atoms with Crippen LogP contribution in [0.25, 0.3) is 0 Å². The minimum Gasteiger partial charge on any atom is -0.504 e. The number of hydrogen-bond acceptors (Lipinski definition) is 10. The Morgan fingerprint density at radius 1 is 1.02 bits per heavy atom. The van der Waals surface area contributed by atoms with Crippen LogP contribution >= 0.6 is 12.4 Å². The number of ether oxygens (including phenoxy) is 3. The second kappa shape index (κ2) is 16.2. The topological polar surface area (TPSA) is 145 Å². The molecule has 2 heterocycles. The van der Waals surface area contributed by atoms with Gasteiger partial charge in [0.25, 0.3) is 0 Å². The highest BCUT2D eigenvalue weighted by Crippen LogP contribution is 2.81. The Labute approximate surface area is 359 Å². The van der Waals surface area contributed by atoms with E-state index in [0.29, 0.717) is 42.5 Å². The fraction of sp³-hybridized carbons (Fsp3) is 0.489. The molecule has 8 rings (SSSR count). The number of halogens is 4. The molecule has 1 saturated heterocycles. The van der Waals surface area contributed by atoms with Crippen LogP contribution in [0.4, 0.5) is 13.2 Å². The number of carbonyl (C=O) groups excluding carboxylic acids is 4. The van der Waals surface area contributed by atoms with Gasteiger partial charge in [0.05, 0.1) is 40.6 Å². The third-order valence-electron chi connectivity index (χ3n) is 14.0. The summed E-state index contributed by atoms with van der Waals surface area (Å²) in [5, 5.41) is 14.7. The lowest BCUT2D eigenvalue weighted by Gasteiger charge is -2.64. The maximum Gasteiger partial charge on any atom is 0.416 e. The first kappa shape index (κ1) is 45.8. The van der Waals surface area contributed by atoms with Crippen molar-refractivity contribution < 1.29 is 56.1 Å². The number of furan rings is 1. The van der Waals surface area contributed by atoms with Gasteiger partial charge in [0.1, 0.15) is 18.3 Å². The predicted molar refractivity (Wildman–Crippen MR) is 221 cm³/mol. The van der Waals surface area contributed by atoms with Crippen molar-refractivity contribution in [1.82, 2.24) is 5.32 Å². The summed E-state index contributed by atoms with van der Waals surface area (Å²) in [5.41, 5.74) is -2.61. The molecule has 9 atom stereocenters. The van der Waals surface area contributed by atoms with Crippen molar-refractivity contribution in [2.24, 2.45) is 27.6 Å². The fourth-order valence-electron chi connectivity index (χ4n) is 11.6. The normalized spacial score (nSPS) is 32.2. The Morgan fingerprint density at radius 3 is 2.36 bits per heavy atom. The van der Waals surface area contributed by atoms with E-state index < -0.39 is 68.7 Å². The Kier molecular flexibility index (Phi) is 12.2. The number of aliphatic hydroxyl groups is 1. The molecule has 3 fully saturated rings. The zero-order valence-corrected chi connectivity index (χ0v) is 36.1. The molecule has 14 heteroatoms. The third kappa shape index (κ3) is 7.44. The zero-order valence-electron chi connectivity index (χ0n) is 35.3. The van der Waals surface area contributed by atoms with Crippen LogP contribution in [0, 0.1) is 27.6 Å². The van der Waals surface area contributed by atoms with Gasteiger partial charge in [-0.25, -0.2) is 4.79 Å². The molecule has 10 nitrogen and oxygen atoms in total. The van der Waals surface area contributed by atoms with Crippen molar-refractivity contribution in [2.75, 3.05) is 13.2 Å². The van der Waals surface area contributed by atoms with E-state index in [0.717, 1.165) is 17.7 Å². The van der Waals surface area contributed by atoms with Gasteiger partial charge in [-0.3, -0.25) is 14.4 Å². The number of allylic oxidation sites excluding steroid dienone is 4. The number of Topliss-reactive ketones (excluding diaryl/α,β-unsaturated/α-hetero) is 1. The highest BCUT2D eigenvalue weighted by Gasteiger charge is 2.89. The predicted octanol–water partition coefficient (Wildman–Crippen LogP) is 8.94. The SMILES string of the molecule is CC(=O)OC1CC2(C)C(c3ccoc3)CC3OC32C2(C)C(=O)C(O)=C3C(C)(C)C(=O)C=CC3(C)C12.CC(Cc1cccc(C(F)(F)F)c1)NCCOC(=O)c1ccccc1.Cl. The molecule has 9 unspecified atom stereocenters. The summed E-state index contributed by atoms with van der Waals surface area (Å²) in [6, 6.07) is 15.9. The van der Waals surface area contributed by atoms with Crippen molar-refractivity contribution in [3.8, 4) is 0 Å². The summed E-state index contributed by atoms with van der Waals surface area (Å²) in [5.74, 6) is -2.23. The van der Waals surface area contributed by atoms with Gasteiger partial charge in [-0.1, -0.05) is 56.3 Å². The average Bonchev–Trinajstić information content (AvgIpc) is 3.55. The minimum atomic E-state index is -4.34. The van der Waals surface area contributed by atoms with Gasteiger partial charge in [-0.2, -0.15) is 13.2 Å². The van der Waals surface area contributed by atoms with Gasteiger partial charge in [-0.05, 0) is 99.9 Å². The molecule has 1 aromatic heterocycles. The summed E-state index contributed by atoms with van der Waals surface area (Å²) in [4.78, 5) is 51.4. The average molecular weight is 868 g/mol. The number of fused-ring (bicyclic) bond motifs is 3. The zero-order chi connectivity index (χ0) is 43.6. The van der Waals surface area contributed by atoms with E-state index in [9.17, 15) is 37.5 Å². The summed E-state index contributed by atoms with van der Waals surface area (Å²) < 4.78 is 61.2. The van der Waals surface area contributed by atoms with Crippen molar-refractivity contribution in [1.29, 1.82) is 0 Å². The number of ketones is 2. The van der Waals surface area contributed by atoms with Crippen molar-refractivity contribution in [2.45, 2.75) is 104 Å². The standard InChI is InChI=1S/C28H32O7.C19H20F3NO2.ClH/c1-14(29)34-17-12-26(5)16(15-8-10-33-13-15)11-19-28(26,35-19)27(6)21(17)25(4)9-7-18(30)24(2,3)22(25)20(31)23(27)32;1-14(12-15-6-5-9-17(13-15)19(20,21)22)23-10-11-25-18(24)16-7-3-2-4-8-16;/h7-10,13,16-17,19,21,31H,11-12H2,1-6H3;2-9,13-14,23H,10-12H2,1H3;1H.